The summed E-state index contributed by atoms with van der Waals surface area (Å²) in [6.07, 6.45) is 1.73. The first-order chi connectivity index (χ1) is 9.11. The molecule has 7 nitrogen and oxygen atoms in total. The molecule has 0 aliphatic carbocycles. The monoisotopic (exact) mass is 319 g/mol. The lowest BCUT2D eigenvalue weighted by atomic mass is 10.1. The average molecular weight is 319 g/mol. The van der Waals surface area contributed by atoms with Gasteiger partial charge in [0.2, 0.25) is 10.0 Å². The molecule has 1 aliphatic rings. The number of hydrogen-bond acceptors (Lipinski definition) is 4. The Morgan fingerprint density at radius 3 is 2.40 bits per heavy atom. The number of benzene rings is 1. The van der Waals surface area contributed by atoms with Gasteiger partial charge in [-0.3, -0.25) is 9.03 Å². The van der Waals surface area contributed by atoms with E-state index >= 15 is 0 Å². The molecule has 0 saturated heterocycles. The molecule has 20 heavy (non-hydrogen) atoms. The van der Waals surface area contributed by atoms with Gasteiger partial charge in [-0.2, -0.15) is 12.7 Å². The third-order valence-corrected chi connectivity index (χ3v) is 5.70. The molecule has 0 radical (unpaired) electrons. The van der Waals surface area contributed by atoms with Crippen molar-refractivity contribution in [2.45, 2.75) is 6.42 Å². The maximum absolute atomic E-state index is 11.7. The molecular formula is C11H17N3O4S2. The first-order valence-electron chi connectivity index (χ1n) is 5.92. The Hall–Kier alpha value is -1.32. The van der Waals surface area contributed by atoms with Crippen LogP contribution in [0.4, 0.5) is 11.4 Å². The van der Waals surface area contributed by atoms with Crippen molar-refractivity contribution >= 4 is 31.6 Å². The maximum atomic E-state index is 11.7. The Kier molecular flexibility index (Phi) is 3.69. The van der Waals surface area contributed by atoms with Gasteiger partial charge in [-0.1, -0.05) is 0 Å². The fourth-order valence-electron chi connectivity index (χ4n) is 2.02. The van der Waals surface area contributed by atoms with Gasteiger partial charge in [0, 0.05) is 20.6 Å². The lowest BCUT2D eigenvalue weighted by Crippen LogP contribution is -2.29. The second-order valence-electron chi connectivity index (χ2n) is 4.82. The van der Waals surface area contributed by atoms with E-state index in [0.717, 1.165) is 16.1 Å². The van der Waals surface area contributed by atoms with Crippen LogP contribution in [0.3, 0.4) is 0 Å². The molecule has 112 valence electrons. The summed E-state index contributed by atoms with van der Waals surface area (Å²) in [5, 5.41) is 0. The summed E-state index contributed by atoms with van der Waals surface area (Å²) in [5.74, 6) is 0. The molecule has 2 rings (SSSR count). The molecule has 0 saturated carbocycles. The SMILES string of the molecule is CN(C)S(=O)(=O)Nc1ccc2c(c1)CCN2S(C)(=O)=O. The van der Waals surface area contributed by atoms with Gasteiger partial charge in [-0.05, 0) is 30.2 Å². The summed E-state index contributed by atoms with van der Waals surface area (Å²) in [6.45, 7) is 0.387. The molecule has 9 heteroatoms. The minimum Gasteiger partial charge on any atom is -0.271 e. The van der Waals surface area contributed by atoms with Crippen LogP contribution in [0.2, 0.25) is 0 Å². The third-order valence-electron chi connectivity index (χ3n) is 3.06. The third kappa shape index (κ3) is 2.89. The predicted octanol–water partition coefficient (Wildman–Crippen LogP) is 0.227. The van der Waals surface area contributed by atoms with Crippen molar-refractivity contribution in [2.75, 3.05) is 35.9 Å². The Morgan fingerprint density at radius 2 is 1.85 bits per heavy atom. The molecule has 0 unspecified atom stereocenters. The lowest BCUT2D eigenvalue weighted by molar-refractivity contribution is 0.527. The van der Waals surface area contributed by atoms with Crippen LogP contribution in [0.1, 0.15) is 5.56 Å². The largest absolute Gasteiger partial charge is 0.301 e. The molecule has 0 bridgehead atoms. The summed E-state index contributed by atoms with van der Waals surface area (Å²) >= 11 is 0. The zero-order valence-electron chi connectivity index (χ0n) is 11.5. The molecule has 0 amide bonds. The number of hydrogen-bond donors (Lipinski definition) is 1. The summed E-state index contributed by atoms with van der Waals surface area (Å²) in [7, 11) is -3.99. The molecule has 1 aromatic carbocycles. The van der Waals surface area contributed by atoms with Gasteiger partial charge in [0.1, 0.15) is 0 Å². The Labute approximate surface area is 119 Å². The van der Waals surface area contributed by atoms with Crippen LogP contribution in [0, 0.1) is 0 Å². The van der Waals surface area contributed by atoms with E-state index in [4.69, 9.17) is 0 Å². The standard InChI is InChI=1S/C11H17N3O4S2/c1-13(2)20(17,18)12-10-4-5-11-9(8-10)6-7-14(11)19(3,15)16/h4-5,8,12H,6-7H2,1-3H3. The van der Waals surface area contributed by atoms with Gasteiger partial charge < -0.3 is 0 Å². The fraction of sp³-hybridized carbons (Fsp3) is 0.455. The van der Waals surface area contributed by atoms with Crippen LogP contribution in [-0.2, 0) is 26.7 Å². The van der Waals surface area contributed by atoms with Gasteiger partial charge in [-0.15, -0.1) is 0 Å². The number of fused-ring (bicyclic) bond motifs is 1. The van der Waals surface area contributed by atoms with Crippen LogP contribution >= 0.6 is 0 Å². The molecule has 1 aliphatic heterocycles. The van der Waals surface area contributed by atoms with Crippen molar-refractivity contribution in [3.63, 3.8) is 0 Å². The summed E-state index contributed by atoms with van der Waals surface area (Å²) in [6, 6.07) is 4.85. The molecule has 1 aromatic rings. The lowest BCUT2D eigenvalue weighted by Gasteiger charge is -2.17. The maximum Gasteiger partial charge on any atom is 0.301 e. The molecule has 0 spiro atoms. The van der Waals surface area contributed by atoms with E-state index < -0.39 is 20.2 Å². The van der Waals surface area contributed by atoms with Crippen molar-refractivity contribution in [3.8, 4) is 0 Å². The van der Waals surface area contributed by atoms with Crippen molar-refractivity contribution in [1.82, 2.24) is 4.31 Å². The van der Waals surface area contributed by atoms with E-state index in [1.165, 1.54) is 18.4 Å². The van der Waals surface area contributed by atoms with E-state index in [-0.39, 0.29) is 0 Å². The quantitative estimate of drug-likeness (QED) is 0.860. The predicted molar refractivity (Wildman–Crippen MR) is 78.6 cm³/mol. The smallest absolute Gasteiger partial charge is 0.271 e. The highest BCUT2D eigenvalue weighted by atomic mass is 32.2. The molecular weight excluding hydrogens is 302 g/mol. The second-order valence-corrected chi connectivity index (χ2v) is 8.61. The molecule has 0 atom stereocenters. The van der Waals surface area contributed by atoms with Gasteiger partial charge in [-0.25, -0.2) is 8.42 Å². The van der Waals surface area contributed by atoms with Gasteiger partial charge in [0.05, 0.1) is 17.6 Å². The van der Waals surface area contributed by atoms with Crippen LogP contribution < -0.4 is 9.03 Å². The number of sulfonamides is 1. The number of rotatable bonds is 4. The molecule has 0 fully saturated rings. The van der Waals surface area contributed by atoms with Crippen molar-refractivity contribution in [1.29, 1.82) is 0 Å². The number of anilines is 2. The first kappa shape index (κ1) is 15.1. The second kappa shape index (κ2) is 4.90. The zero-order valence-corrected chi connectivity index (χ0v) is 13.1. The normalized spacial score (nSPS) is 15.5. The first-order valence-corrected chi connectivity index (χ1v) is 9.21. The molecule has 0 aromatic heterocycles. The van der Waals surface area contributed by atoms with Gasteiger partial charge in [0.25, 0.3) is 0 Å². The number of nitrogens with one attached hydrogen (secondary N) is 1. The zero-order chi connectivity index (χ0) is 15.1. The summed E-state index contributed by atoms with van der Waals surface area (Å²) in [5.41, 5.74) is 1.85. The van der Waals surface area contributed by atoms with Crippen LogP contribution in [0.25, 0.3) is 0 Å². The highest BCUT2D eigenvalue weighted by molar-refractivity contribution is 7.92. The summed E-state index contributed by atoms with van der Waals surface area (Å²) < 4.78 is 51.5. The van der Waals surface area contributed by atoms with Crippen molar-refractivity contribution in [2.24, 2.45) is 0 Å². The van der Waals surface area contributed by atoms with Crippen LogP contribution in [0.15, 0.2) is 18.2 Å². The fourth-order valence-corrected chi connectivity index (χ4v) is 3.59. The highest BCUT2D eigenvalue weighted by Gasteiger charge is 2.26. The topological polar surface area (TPSA) is 86.8 Å². The Bertz CT molecular complexity index is 726. The van der Waals surface area contributed by atoms with Crippen molar-refractivity contribution < 1.29 is 16.8 Å². The van der Waals surface area contributed by atoms with Gasteiger partial charge in [0.15, 0.2) is 0 Å². The van der Waals surface area contributed by atoms with E-state index in [1.54, 1.807) is 18.2 Å². The minimum atomic E-state index is -3.56. The summed E-state index contributed by atoms with van der Waals surface area (Å²) in [4.78, 5) is 0. The van der Waals surface area contributed by atoms with Crippen LogP contribution in [-0.4, -0.2) is 48.0 Å². The van der Waals surface area contributed by atoms with E-state index in [1.807, 2.05) is 0 Å². The molecule has 1 heterocycles. The average Bonchev–Trinajstić information content (AvgIpc) is 2.70. The Balaban J connectivity index is 2.32. The van der Waals surface area contributed by atoms with Crippen LogP contribution in [0.5, 0.6) is 0 Å². The van der Waals surface area contributed by atoms with Crippen molar-refractivity contribution in [3.05, 3.63) is 23.8 Å². The van der Waals surface area contributed by atoms with E-state index in [9.17, 15) is 16.8 Å². The van der Waals surface area contributed by atoms with Gasteiger partial charge >= 0.3 is 10.2 Å². The Morgan fingerprint density at radius 1 is 1.20 bits per heavy atom. The minimum absolute atomic E-state index is 0.387. The number of nitrogens with zero attached hydrogens (tertiary/aromatic N) is 2. The molecule has 1 N–H and O–H groups in total. The van der Waals surface area contributed by atoms with E-state index in [2.05, 4.69) is 4.72 Å². The highest BCUT2D eigenvalue weighted by Crippen LogP contribution is 2.32. The van der Waals surface area contributed by atoms with E-state index in [0.29, 0.717) is 24.3 Å².